The number of benzene rings is 2. The first-order chi connectivity index (χ1) is 14.3. The molecule has 0 spiro atoms. The highest BCUT2D eigenvalue weighted by Crippen LogP contribution is 2.45. The number of methoxy groups -OCH3 is 1. The van der Waals surface area contributed by atoms with E-state index in [4.69, 9.17) is 27.9 Å². The molecular weight excluding hydrogens is 467 g/mol. The van der Waals surface area contributed by atoms with Crippen molar-refractivity contribution in [1.29, 1.82) is 0 Å². The molecule has 4 rings (SSSR count). The van der Waals surface area contributed by atoms with Crippen LogP contribution in [0.2, 0.25) is 10.0 Å². The lowest BCUT2D eigenvalue weighted by atomic mass is 10.1. The van der Waals surface area contributed by atoms with Crippen LogP contribution in [0.25, 0.3) is 0 Å². The quantitative estimate of drug-likeness (QED) is 0.655. The van der Waals surface area contributed by atoms with Crippen LogP contribution in [0.5, 0.6) is 5.75 Å². The predicted molar refractivity (Wildman–Crippen MR) is 122 cm³/mol. The van der Waals surface area contributed by atoms with Gasteiger partial charge in [-0.25, -0.2) is 8.42 Å². The van der Waals surface area contributed by atoms with Gasteiger partial charge in [0.1, 0.15) is 5.75 Å². The van der Waals surface area contributed by atoms with E-state index in [0.29, 0.717) is 26.6 Å². The summed E-state index contributed by atoms with van der Waals surface area (Å²) in [5.41, 5.74) is 1.20. The number of anilines is 1. The number of amidine groups is 1. The predicted octanol–water partition coefficient (Wildman–Crippen LogP) is 3.85. The van der Waals surface area contributed by atoms with Gasteiger partial charge in [-0.2, -0.15) is 4.99 Å². The fourth-order valence-electron chi connectivity index (χ4n) is 3.70. The topological polar surface area (TPSA) is 76.0 Å². The first-order valence-electron chi connectivity index (χ1n) is 9.13. The highest BCUT2D eigenvalue weighted by atomic mass is 35.5. The van der Waals surface area contributed by atoms with E-state index in [-0.39, 0.29) is 35.1 Å². The Balaban J connectivity index is 1.70. The van der Waals surface area contributed by atoms with Crippen LogP contribution in [0.4, 0.5) is 5.69 Å². The average Bonchev–Trinajstić information content (AvgIpc) is 3.14. The number of para-hydroxylation sites is 2. The number of thioether (sulfide) groups is 1. The Morgan fingerprint density at radius 2 is 1.87 bits per heavy atom. The molecule has 0 unspecified atom stereocenters. The number of hydrogen-bond donors (Lipinski definition) is 0. The number of rotatable bonds is 4. The number of halogens is 2. The molecule has 2 aliphatic rings. The van der Waals surface area contributed by atoms with Gasteiger partial charge >= 0.3 is 0 Å². The van der Waals surface area contributed by atoms with Gasteiger partial charge < -0.3 is 9.64 Å². The summed E-state index contributed by atoms with van der Waals surface area (Å²) in [4.78, 5) is 18.8. The van der Waals surface area contributed by atoms with Gasteiger partial charge in [0.25, 0.3) is 5.91 Å². The molecule has 10 heteroatoms. The van der Waals surface area contributed by atoms with Gasteiger partial charge in [0, 0.05) is 10.8 Å². The van der Waals surface area contributed by atoms with Crippen LogP contribution < -0.4 is 9.64 Å². The number of sulfone groups is 1. The second kappa shape index (κ2) is 8.42. The number of fused-ring (bicyclic) bond motifs is 1. The number of aliphatic imine (C=N–C) groups is 1. The standard InChI is InChI=1S/C20H18Cl2N2O4S2/c1-28-16-8-3-2-5-12(16)9-18(25)23-20-24(19-13(21)6-4-7-14(19)22)15-10-30(26,27)11-17(15)29-20/h2-8,15,17H,9-11H2,1H3/t15-,17-/m0/s1. The molecule has 158 valence electrons. The Labute approximate surface area is 189 Å². The minimum Gasteiger partial charge on any atom is -0.496 e. The Kier molecular flexibility index (Phi) is 6.03. The van der Waals surface area contributed by atoms with Crippen molar-refractivity contribution in [2.24, 2.45) is 4.99 Å². The molecule has 6 nitrogen and oxygen atoms in total. The second-order valence-electron chi connectivity index (χ2n) is 7.02. The lowest BCUT2D eigenvalue weighted by molar-refractivity contribution is -0.117. The monoisotopic (exact) mass is 484 g/mol. The van der Waals surface area contributed by atoms with Gasteiger partial charge in [-0.1, -0.05) is 59.2 Å². The van der Waals surface area contributed by atoms with Crippen LogP contribution in [-0.4, -0.2) is 49.4 Å². The largest absolute Gasteiger partial charge is 0.496 e. The highest BCUT2D eigenvalue weighted by Gasteiger charge is 2.50. The summed E-state index contributed by atoms with van der Waals surface area (Å²) in [7, 11) is -1.64. The lowest BCUT2D eigenvalue weighted by Gasteiger charge is -2.26. The summed E-state index contributed by atoms with van der Waals surface area (Å²) in [5.74, 6) is 0.240. The molecule has 2 fully saturated rings. The zero-order valence-electron chi connectivity index (χ0n) is 15.9. The first kappa shape index (κ1) is 21.5. The van der Waals surface area contributed by atoms with E-state index in [1.165, 1.54) is 11.8 Å². The summed E-state index contributed by atoms with van der Waals surface area (Å²) >= 11 is 14.1. The number of nitrogens with zero attached hydrogens (tertiary/aromatic N) is 2. The molecule has 0 bridgehead atoms. The molecule has 1 amide bonds. The second-order valence-corrected chi connectivity index (χ2v) is 11.2. The van der Waals surface area contributed by atoms with Crippen molar-refractivity contribution in [3.63, 3.8) is 0 Å². The van der Waals surface area contributed by atoms with Crippen molar-refractivity contribution in [3.05, 3.63) is 58.1 Å². The van der Waals surface area contributed by atoms with Crippen LogP contribution in [0.15, 0.2) is 47.5 Å². The molecular formula is C20H18Cl2N2O4S2. The van der Waals surface area contributed by atoms with Crippen molar-refractivity contribution in [2.45, 2.75) is 17.7 Å². The molecule has 2 aromatic rings. The van der Waals surface area contributed by atoms with Crippen LogP contribution in [-0.2, 0) is 21.1 Å². The SMILES string of the molecule is COc1ccccc1CC(=O)N=C1S[C@H]2CS(=O)(=O)C[C@@H]2N1c1c(Cl)cccc1Cl. The van der Waals surface area contributed by atoms with Gasteiger partial charge in [-0.15, -0.1) is 0 Å². The van der Waals surface area contributed by atoms with Gasteiger partial charge in [0.15, 0.2) is 15.0 Å². The van der Waals surface area contributed by atoms with Crippen LogP contribution in [0.3, 0.4) is 0 Å². The van der Waals surface area contributed by atoms with E-state index in [2.05, 4.69) is 4.99 Å². The fourth-order valence-corrected chi connectivity index (χ4v) is 8.20. The Morgan fingerprint density at radius 3 is 2.57 bits per heavy atom. The summed E-state index contributed by atoms with van der Waals surface area (Å²) in [6.07, 6.45) is 0.0613. The minimum absolute atomic E-state index is 0.0284. The molecule has 2 atom stereocenters. The van der Waals surface area contributed by atoms with E-state index in [0.717, 1.165) is 5.56 Å². The van der Waals surface area contributed by atoms with E-state index in [1.807, 2.05) is 18.2 Å². The van der Waals surface area contributed by atoms with E-state index in [1.54, 1.807) is 36.3 Å². The van der Waals surface area contributed by atoms with Crippen LogP contribution in [0.1, 0.15) is 5.56 Å². The molecule has 30 heavy (non-hydrogen) atoms. The maximum atomic E-state index is 12.8. The van der Waals surface area contributed by atoms with Gasteiger partial charge in [-0.05, 0) is 18.2 Å². The van der Waals surface area contributed by atoms with Crippen molar-refractivity contribution in [3.8, 4) is 5.75 Å². The van der Waals surface area contributed by atoms with E-state index in [9.17, 15) is 13.2 Å². The molecule has 2 heterocycles. The molecule has 2 aromatic carbocycles. The zero-order chi connectivity index (χ0) is 21.5. The summed E-state index contributed by atoms with van der Waals surface area (Å²) in [6.45, 7) is 0. The molecule has 0 aromatic heterocycles. The first-order valence-corrected chi connectivity index (χ1v) is 12.6. The summed E-state index contributed by atoms with van der Waals surface area (Å²) < 4.78 is 29.7. The number of amides is 1. The number of ether oxygens (including phenoxy) is 1. The molecule has 0 N–H and O–H groups in total. The van der Waals surface area contributed by atoms with Crippen LogP contribution >= 0.6 is 35.0 Å². The zero-order valence-corrected chi connectivity index (χ0v) is 19.1. The van der Waals surface area contributed by atoms with Gasteiger partial charge in [0.05, 0.1) is 46.8 Å². The third kappa shape index (κ3) is 4.19. The van der Waals surface area contributed by atoms with Gasteiger partial charge in [0.2, 0.25) is 0 Å². The maximum Gasteiger partial charge on any atom is 0.252 e. The van der Waals surface area contributed by atoms with Crippen molar-refractivity contribution < 1.29 is 17.9 Å². The Morgan fingerprint density at radius 1 is 1.17 bits per heavy atom. The normalized spacial score (nSPS) is 23.6. The third-order valence-electron chi connectivity index (χ3n) is 5.00. The van der Waals surface area contributed by atoms with Crippen molar-refractivity contribution >= 4 is 61.6 Å². The van der Waals surface area contributed by atoms with Gasteiger partial charge in [-0.3, -0.25) is 4.79 Å². The Bertz CT molecular complexity index is 1120. The molecule has 2 aliphatic heterocycles. The summed E-state index contributed by atoms with van der Waals surface area (Å²) in [6, 6.07) is 11.9. The molecule has 0 saturated carbocycles. The number of carbonyl (C=O) groups is 1. The maximum absolute atomic E-state index is 12.8. The van der Waals surface area contributed by atoms with E-state index < -0.39 is 9.84 Å². The molecule has 0 radical (unpaired) electrons. The molecule has 2 saturated heterocycles. The van der Waals surface area contributed by atoms with Crippen molar-refractivity contribution in [1.82, 2.24) is 0 Å². The lowest BCUT2D eigenvalue weighted by Crippen LogP contribution is -2.38. The molecule has 0 aliphatic carbocycles. The van der Waals surface area contributed by atoms with Crippen LogP contribution in [0, 0.1) is 0 Å². The number of hydrogen-bond acceptors (Lipinski definition) is 5. The van der Waals surface area contributed by atoms with E-state index >= 15 is 0 Å². The highest BCUT2D eigenvalue weighted by molar-refractivity contribution is 8.16. The minimum atomic E-state index is -3.19. The Hall–Kier alpha value is -1.74. The smallest absolute Gasteiger partial charge is 0.252 e. The fraction of sp³-hybridized carbons (Fsp3) is 0.300. The third-order valence-corrected chi connectivity index (χ3v) is 8.82. The average molecular weight is 485 g/mol. The van der Waals surface area contributed by atoms with Crippen molar-refractivity contribution in [2.75, 3.05) is 23.5 Å². The summed E-state index contributed by atoms with van der Waals surface area (Å²) in [5, 5.41) is 0.922. The number of carbonyl (C=O) groups excluding carboxylic acids is 1.